The van der Waals surface area contributed by atoms with Gasteiger partial charge in [0.2, 0.25) is 0 Å². The highest BCUT2D eigenvalue weighted by molar-refractivity contribution is 9.10. The number of ether oxygens (including phenoxy) is 1. The maximum absolute atomic E-state index is 11.4. The largest absolute Gasteiger partial charge is 0.466 e. The highest BCUT2D eigenvalue weighted by atomic mass is 79.9. The molecule has 0 aliphatic rings. The summed E-state index contributed by atoms with van der Waals surface area (Å²) in [7, 11) is 0. The third kappa shape index (κ3) is 3.59. The zero-order chi connectivity index (χ0) is 12.1. The van der Waals surface area contributed by atoms with Crippen molar-refractivity contribution >= 4 is 37.8 Å². The van der Waals surface area contributed by atoms with Crippen molar-refractivity contribution in [3.8, 4) is 0 Å². The molecule has 0 aliphatic heterocycles. The Bertz CT molecular complexity index is 389. The molecule has 1 aromatic rings. The van der Waals surface area contributed by atoms with Crippen LogP contribution in [0.1, 0.15) is 23.6 Å². The quantitative estimate of drug-likeness (QED) is 0.611. The van der Waals surface area contributed by atoms with Gasteiger partial charge in [-0.3, -0.25) is 4.79 Å². The van der Waals surface area contributed by atoms with Gasteiger partial charge < -0.3 is 4.74 Å². The molecule has 1 rings (SSSR count). The van der Waals surface area contributed by atoms with E-state index in [0.29, 0.717) is 13.0 Å². The molecular formula is C12H14Br2O2. The van der Waals surface area contributed by atoms with Crippen LogP contribution in [-0.4, -0.2) is 12.6 Å². The van der Waals surface area contributed by atoms with Crippen LogP contribution in [0.3, 0.4) is 0 Å². The smallest absolute Gasteiger partial charge is 0.310 e. The molecule has 0 fully saturated rings. The molecule has 4 heteroatoms. The first-order chi connectivity index (χ1) is 7.58. The van der Waals surface area contributed by atoms with Crippen molar-refractivity contribution in [1.29, 1.82) is 0 Å². The van der Waals surface area contributed by atoms with Crippen LogP contribution in [0.4, 0.5) is 0 Å². The van der Waals surface area contributed by atoms with Crippen LogP contribution in [0.25, 0.3) is 0 Å². The van der Waals surface area contributed by atoms with Gasteiger partial charge in [0, 0.05) is 9.80 Å². The Morgan fingerprint density at radius 3 is 2.62 bits per heavy atom. The molecule has 0 aromatic heterocycles. The number of esters is 1. The van der Waals surface area contributed by atoms with E-state index in [4.69, 9.17) is 4.74 Å². The lowest BCUT2D eigenvalue weighted by atomic mass is 10.0. The second-order valence-electron chi connectivity index (χ2n) is 3.49. The number of alkyl halides is 1. The zero-order valence-electron chi connectivity index (χ0n) is 9.35. The monoisotopic (exact) mass is 348 g/mol. The van der Waals surface area contributed by atoms with Crippen molar-refractivity contribution in [1.82, 2.24) is 0 Å². The fourth-order valence-electron chi connectivity index (χ4n) is 1.44. The topological polar surface area (TPSA) is 26.3 Å². The maximum atomic E-state index is 11.4. The van der Waals surface area contributed by atoms with Gasteiger partial charge in [-0.2, -0.15) is 0 Å². The first-order valence-electron chi connectivity index (χ1n) is 5.08. The number of halogens is 2. The summed E-state index contributed by atoms with van der Waals surface area (Å²) in [4.78, 5) is 11.4. The average Bonchev–Trinajstić information content (AvgIpc) is 2.23. The van der Waals surface area contributed by atoms with Crippen LogP contribution in [0.5, 0.6) is 0 Å². The first-order valence-corrected chi connectivity index (χ1v) is 6.99. The second-order valence-corrected chi connectivity index (χ2v) is 4.90. The van der Waals surface area contributed by atoms with Crippen molar-refractivity contribution in [3.63, 3.8) is 0 Å². The number of hydrogen-bond donors (Lipinski definition) is 0. The molecule has 0 amide bonds. The van der Waals surface area contributed by atoms with E-state index in [1.165, 1.54) is 0 Å². The molecule has 0 heterocycles. The minimum atomic E-state index is -0.175. The summed E-state index contributed by atoms with van der Waals surface area (Å²) < 4.78 is 6.01. The highest BCUT2D eigenvalue weighted by Crippen LogP contribution is 2.23. The molecule has 0 N–H and O–H groups in total. The number of carbonyl (C=O) groups excluding carboxylic acids is 1. The van der Waals surface area contributed by atoms with E-state index in [9.17, 15) is 4.79 Å². The molecule has 0 spiro atoms. The summed E-state index contributed by atoms with van der Waals surface area (Å²) >= 11 is 6.90. The Hall–Kier alpha value is -0.350. The average molecular weight is 350 g/mol. The standard InChI is InChI=1S/C12H14Br2O2/c1-3-16-12(15)6-9-4-8(2)11(14)5-10(9)7-13/h4-5H,3,6-7H2,1-2H3. The van der Waals surface area contributed by atoms with E-state index in [0.717, 1.165) is 26.5 Å². The Labute approximate surface area is 113 Å². The minimum absolute atomic E-state index is 0.175. The van der Waals surface area contributed by atoms with E-state index < -0.39 is 0 Å². The third-order valence-corrected chi connectivity index (χ3v) is 3.72. The molecule has 2 nitrogen and oxygen atoms in total. The van der Waals surface area contributed by atoms with E-state index in [1.807, 2.05) is 26.0 Å². The number of rotatable bonds is 4. The number of benzene rings is 1. The van der Waals surface area contributed by atoms with Crippen LogP contribution < -0.4 is 0 Å². The minimum Gasteiger partial charge on any atom is -0.466 e. The summed E-state index contributed by atoms with van der Waals surface area (Å²) in [5.74, 6) is -0.175. The van der Waals surface area contributed by atoms with Crippen LogP contribution in [0, 0.1) is 6.92 Å². The van der Waals surface area contributed by atoms with Gasteiger partial charge in [-0.1, -0.05) is 37.9 Å². The molecule has 88 valence electrons. The Kier molecular flexibility index (Phi) is 5.49. The van der Waals surface area contributed by atoms with Gasteiger partial charge in [0.1, 0.15) is 0 Å². The lowest BCUT2D eigenvalue weighted by Gasteiger charge is -2.09. The number of hydrogen-bond acceptors (Lipinski definition) is 2. The Balaban J connectivity index is 2.94. The lowest BCUT2D eigenvalue weighted by Crippen LogP contribution is -2.09. The zero-order valence-corrected chi connectivity index (χ0v) is 12.5. The fourth-order valence-corrected chi connectivity index (χ4v) is 2.35. The Morgan fingerprint density at radius 2 is 2.06 bits per heavy atom. The summed E-state index contributed by atoms with van der Waals surface area (Å²) in [6, 6.07) is 4.07. The molecule has 0 saturated carbocycles. The summed E-state index contributed by atoms with van der Waals surface area (Å²) in [5.41, 5.74) is 3.27. The van der Waals surface area contributed by atoms with Gasteiger partial charge in [-0.25, -0.2) is 0 Å². The fraction of sp³-hybridized carbons (Fsp3) is 0.417. The Morgan fingerprint density at radius 1 is 1.38 bits per heavy atom. The van der Waals surface area contributed by atoms with Gasteiger partial charge in [0.15, 0.2) is 0 Å². The molecule has 1 aromatic carbocycles. The third-order valence-electron chi connectivity index (χ3n) is 2.26. The van der Waals surface area contributed by atoms with E-state index >= 15 is 0 Å². The van der Waals surface area contributed by atoms with E-state index in [1.54, 1.807) is 0 Å². The van der Waals surface area contributed by atoms with Gasteiger partial charge in [-0.15, -0.1) is 0 Å². The van der Waals surface area contributed by atoms with Crippen LogP contribution >= 0.6 is 31.9 Å². The lowest BCUT2D eigenvalue weighted by molar-refractivity contribution is -0.142. The summed E-state index contributed by atoms with van der Waals surface area (Å²) in [6.07, 6.45) is 0.336. The van der Waals surface area contributed by atoms with Crippen LogP contribution in [0.15, 0.2) is 16.6 Å². The molecule has 0 bridgehead atoms. The first kappa shape index (κ1) is 13.7. The molecule has 0 unspecified atom stereocenters. The van der Waals surface area contributed by atoms with Crippen molar-refractivity contribution < 1.29 is 9.53 Å². The van der Waals surface area contributed by atoms with E-state index in [2.05, 4.69) is 31.9 Å². The van der Waals surface area contributed by atoms with Crippen LogP contribution in [-0.2, 0) is 21.3 Å². The van der Waals surface area contributed by atoms with Crippen molar-refractivity contribution in [3.05, 3.63) is 33.3 Å². The SMILES string of the molecule is CCOC(=O)Cc1cc(C)c(Br)cc1CBr. The second kappa shape index (κ2) is 6.40. The molecular weight excluding hydrogens is 336 g/mol. The van der Waals surface area contributed by atoms with Gasteiger partial charge in [0.05, 0.1) is 13.0 Å². The van der Waals surface area contributed by atoms with Gasteiger partial charge in [-0.05, 0) is 36.6 Å². The highest BCUT2D eigenvalue weighted by Gasteiger charge is 2.10. The van der Waals surface area contributed by atoms with Gasteiger partial charge >= 0.3 is 5.97 Å². The predicted octanol–water partition coefficient (Wildman–Crippen LogP) is 3.76. The van der Waals surface area contributed by atoms with Crippen molar-refractivity contribution in [2.75, 3.05) is 6.61 Å². The molecule has 0 atom stereocenters. The number of aryl methyl sites for hydroxylation is 1. The molecule has 0 saturated heterocycles. The summed E-state index contributed by atoms with van der Waals surface area (Å²) in [6.45, 7) is 4.25. The van der Waals surface area contributed by atoms with Crippen LogP contribution in [0.2, 0.25) is 0 Å². The molecule has 0 aliphatic carbocycles. The van der Waals surface area contributed by atoms with Crippen molar-refractivity contribution in [2.45, 2.75) is 25.6 Å². The molecule has 0 radical (unpaired) electrons. The number of carbonyl (C=O) groups is 1. The molecule has 16 heavy (non-hydrogen) atoms. The predicted molar refractivity (Wildman–Crippen MR) is 71.8 cm³/mol. The van der Waals surface area contributed by atoms with Crippen molar-refractivity contribution in [2.24, 2.45) is 0 Å². The normalized spacial score (nSPS) is 10.2. The maximum Gasteiger partial charge on any atom is 0.310 e. The summed E-state index contributed by atoms with van der Waals surface area (Å²) in [5, 5.41) is 0.737. The van der Waals surface area contributed by atoms with Gasteiger partial charge in [0.25, 0.3) is 0 Å². The van der Waals surface area contributed by atoms with E-state index in [-0.39, 0.29) is 5.97 Å².